The predicted octanol–water partition coefficient (Wildman–Crippen LogP) is 0.0350. The van der Waals surface area contributed by atoms with E-state index in [4.69, 9.17) is 4.74 Å². The van der Waals surface area contributed by atoms with E-state index in [9.17, 15) is 4.79 Å². The van der Waals surface area contributed by atoms with Crippen molar-refractivity contribution in [3.8, 4) is 0 Å². The van der Waals surface area contributed by atoms with E-state index in [1.807, 2.05) is 0 Å². The van der Waals surface area contributed by atoms with Gasteiger partial charge < -0.3 is 10.1 Å². The van der Waals surface area contributed by atoms with Crippen LogP contribution in [0.15, 0.2) is 12.7 Å². The van der Waals surface area contributed by atoms with E-state index in [1.54, 1.807) is 6.08 Å². The topological polar surface area (TPSA) is 38.3 Å². The second-order valence-electron chi connectivity index (χ2n) is 1.88. The maximum atomic E-state index is 10.3. The number of hydrogen-bond donors (Lipinski definition) is 1. The maximum Gasteiger partial charge on any atom is 0.226 e. The van der Waals surface area contributed by atoms with Gasteiger partial charge in [0.15, 0.2) is 0 Å². The number of carbonyl (C=O) groups is 1. The van der Waals surface area contributed by atoms with Gasteiger partial charge in [-0.25, -0.2) is 0 Å². The molecule has 1 aliphatic rings. The molecule has 1 rings (SSSR count). The summed E-state index contributed by atoms with van der Waals surface area (Å²) in [6.07, 6.45) is 2.09. The fraction of sp³-hybridized carbons (Fsp3) is 0.500. The second-order valence-corrected chi connectivity index (χ2v) is 1.88. The molecule has 0 aromatic carbocycles. The first-order chi connectivity index (χ1) is 4.33. The monoisotopic (exact) mass is 127 g/mol. The van der Waals surface area contributed by atoms with Crippen molar-refractivity contribution in [3.05, 3.63) is 12.7 Å². The number of nitrogens with one attached hydrogen (secondary N) is 1. The normalized spacial score (nSPS) is 24.4. The first kappa shape index (κ1) is 6.29. The van der Waals surface area contributed by atoms with E-state index in [0.717, 1.165) is 0 Å². The van der Waals surface area contributed by atoms with Gasteiger partial charge in [0.2, 0.25) is 5.91 Å². The quantitative estimate of drug-likeness (QED) is 0.429. The third kappa shape index (κ3) is 1.54. The molecule has 50 valence electrons. The Morgan fingerprint density at radius 2 is 2.67 bits per heavy atom. The van der Waals surface area contributed by atoms with Crippen LogP contribution in [0.4, 0.5) is 0 Å². The van der Waals surface area contributed by atoms with Crippen molar-refractivity contribution >= 4 is 5.91 Å². The van der Waals surface area contributed by atoms with Gasteiger partial charge in [-0.05, 0) is 0 Å². The average Bonchev–Trinajstić information content (AvgIpc) is 1.78. The molecule has 1 N–H and O–H groups in total. The lowest BCUT2D eigenvalue weighted by molar-refractivity contribution is -0.139. The molecule has 1 aliphatic heterocycles. The first-order valence-electron chi connectivity index (χ1n) is 2.85. The molecule has 1 saturated heterocycles. The van der Waals surface area contributed by atoms with Crippen molar-refractivity contribution in [2.24, 2.45) is 0 Å². The van der Waals surface area contributed by atoms with Gasteiger partial charge in [-0.2, -0.15) is 0 Å². The number of β-lactam (4-membered cyclic amide) rings is 1. The maximum absolute atomic E-state index is 10.3. The number of rotatable bonds is 3. The van der Waals surface area contributed by atoms with Crippen molar-refractivity contribution in [1.29, 1.82) is 0 Å². The van der Waals surface area contributed by atoms with E-state index in [2.05, 4.69) is 11.9 Å². The van der Waals surface area contributed by atoms with Crippen LogP contribution in [0.2, 0.25) is 0 Å². The van der Waals surface area contributed by atoms with Gasteiger partial charge in [0.05, 0.1) is 13.0 Å². The Morgan fingerprint density at radius 1 is 2.00 bits per heavy atom. The highest BCUT2D eigenvalue weighted by molar-refractivity contribution is 5.82. The SMILES string of the molecule is C=CCO[C@@H]1CC(=O)N1. The van der Waals surface area contributed by atoms with Crippen LogP contribution in [-0.2, 0) is 9.53 Å². The molecule has 1 amide bonds. The summed E-state index contributed by atoms with van der Waals surface area (Å²) < 4.78 is 5.05. The summed E-state index contributed by atoms with van der Waals surface area (Å²) in [6.45, 7) is 3.98. The molecule has 1 heterocycles. The summed E-state index contributed by atoms with van der Waals surface area (Å²) in [5.41, 5.74) is 0. The van der Waals surface area contributed by atoms with Gasteiger partial charge in [-0.3, -0.25) is 4.79 Å². The summed E-state index contributed by atoms with van der Waals surface area (Å²) in [7, 11) is 0. The van der Waals surface area contributed by atoms with Crippen molar-refractivity contribution < 1.29 is 9.53 Å². The molecule has 0 unspecified atom stereocenters. The zero-order valence-corrected chi connectivity index (χ0v) is 5.09. The van der Waals surface area contributed by atoms with Crippen LogP contribution in [0.1, 0.15) is 6.42 Å². The average molecular weight is 127 g/mol. The van der Waals surface area contributed by atoms with Crippen LogP contribution < -0.4 is 5.32 Å². The van der Waals surface area contributed by atoms with Gasteiger partial charge >= 0.3 is 0 Å². The van der Waals surface area contributed by atoms with Crippen molar-refractivity contribution in [2.75, 3.05) is 6.61 Å². The number of hydrogen-bond acceptors (Lipinski definition) is 2. The van der Waals surface area contributed by atoms with Crippen molar-refractivity contribution in [2.45, 2.75) is 12.6 Å². The van der Waals surface area contributed by atoms with Crippen LogP contribution in [0.25, 0.3) is 0 Å². The molecule has 0 spiro atoms. The van der Waals surface area contributed by atoms with E-state index in [0.29, 0.717) is 13.0 Å². The van der Waals surface area contributed by atoms with Gasteiger partial charge in [0.25, 0.3) is 0 Å². The minimum absolute atomic E-state index is 0.0593. The fourth-order valence-electron chi connectivity index (χ4n) is 0.612. The Balaban J connectivity index is 2.03. The fourth-order valence-corrected chi connectivity index (χ4v) is 0.612. The summed E-state index contributed by atoms with van der Waals surface area (Å²) in [6, 6.07) is 0. The summed E-state index contributed by atoms with van der Waals surface area (Å²) >= 11 is 0. The number of carbonyl (C=O) groups excluding carboxylic acids is 1. The standard InChI is InChI=1S/C6H9NO2/c1-2-3-9-6-4-5(8)7-6/h2,6H,1,3-4H2,(H,7,8)/t6-/m1/s1. The van der Waals surface area contributed by atoms with E-state index < -0.39 is 0 Å². The van der Waals surface area contributed by atoms with Crippen LogP contribution in [0.5, 0.6) is 0 Å². The molecular formula is C6H9NO2. The highest BCUT2D eigenvalue weighted by Gasteiger charge is 2.24. The minimum Gasteiger partial charge on any atom is -0.354 e. The van der Waals surface area contributed by atoms with Gasteiger partial charge in [-0.15, -0.1) is 6.58 Å². The molecule has 3 nitrogen and oxygen atoms in total. The van der Waals surface area contributed by atoms with E-state index in [1.165, 1.54) is 0 Å². The molecular weight excluding hydrogens is 118 g/mol. The molecule has 0 aromatic heterocycles. The molecule has 1 fully saturated rings. The zero-order valence-electron chi connectivity index (χ0n) is 5.09. The molecule has 0 aliphatic carbocycles. The molecule has 9 heavy (non-hydrogen) atoms. The minimum atomic E-state index is -0.0597. The van der Waals surface area contributed by atoms with Crippen LogP contribution in [0, 0.1) is 0 Å². The Labute approximate surface area is 53.7 Å². The van der Waals surface area contributed by atoms with Gasteiger partial charge in [0, 0.05) is 0 Å². The summed E-state index contributed by atoms with van der Waals surface area (Å²) in [5.74, 6) is 0.0593. The number of amides is 1. The van der Waals surface area contributed by atoms with Gasteiger partial charge in [0.1, 0.15) is 6.23 Å². The Hall–Kier alpha value is -0.830. The largest absolute Gasteiger partial charge is 0.354 e. The highest BCUT2D eigenvalue weighted by atomic mass is 16.5. The highest BCUT2D eigenvalue weighted by Crippen LogP contribution is 2.04. The Bertz CT molecular complexity index is 125. The summed E-state index contributed by atoms with van der Waals surface area (Å²) in [4.78, 5) is 10.3. The molecule has 0 aromatic rings. The lowest BCUT2D eigenvalue weighted by Crippen LogP contribution is -2.50. The Kier molecular flexibility index (Phi) is 1.85. The third-order valence-electron chi connectivity index (χ3n) is 1.11. The van der Waals surface area contributed by atoms with Crippen LogP contribution in [-0.4, -0.2) is 18.7 Å². The molecule has 3 heteroatoms. The molecule has 1 atom stereocenters. The zero-order chi connectivity index (χ0) is 6.69. The predicted molar refractivity (Wildman–Crippen MR) is 32.7 cm³/mol. The molecule has 0 saturated carbocycles. The van der Waals surface area contributed by atoms with Gasteiger partial charge in [-0.1, -0.05) is 6.08 Å². The second kappa shape index (κ2) is 2.64. The van der Waals surface area contributed by atoms with Crippen molar-refractivity contribution in [1.82, 2.24) is 5.32 Å². The number of ether oxygens (including phenoxy) is 1. The summed E-state index contributed by atoms with van der Waals surface area (Å²) in [5, 5.41) is 2.57. The first-order valence-corrected chi connectivity index (χ1v) is 2.85. The van der Waals surface area contributed by atoms with E-state index >= 15 is 0 Å². The van der Waals surface area contributed by atoms with Crippen LogP contribution in [0.3, 0.4) is 0 Å². The smallest absolute Gasteiger partial charge is 0.226 e. The van der Waals surface area contributed by atoms with Crippen molar-refractivity contribution in [3.63, 3.8) is 0 Å². The Morgan fingerprint density at radius 3 is 3.11 bits per heavy atom. The molecule has 0 radical (unpaired) electrons. The van der Waals surface area contributed by atoms with Crippen LogP contribution >= 0.6 is 0 Å². The van der Waals surface area contributed by atoms with E-state index in [-0.39, 0.29) is 12.1 Å². The molecule has 0 bridgehead atoms. The lowest BCUT2D eigenvalue weighted by atomic mass is 10.2. The lowest BCUT2D eigenvalue weighted by Gasteiger charge is -2.25. The third-order valence-corrected chi connectivity index (χ3v) is 1.11.